The van der Waals surface area contributed by atoms with Crippen molar-refractivity contribution in [2.45, 2.75) is 57.9 Å². The van der Waals surface area contributed by atoms with Gasteiger partial charge in [0.1, 0.15) is 5.82 Å². The maximum Gasteiger partial charge on any atom is 0.131 e. The Morgan fingerprint density at radius 2 is 2.29 bits per heavy atom. The number of rotatable bonds is 4. The molecular formula is C14H23N3. The molecule has 1 saturated carbocycles. The summed E-state index contributed by atoms with van der Waals surface area (Å²) >= 11 is 0. The summed E-state index contributed by atoms with van der Waals surface area (Å²) in [6, 6.07) is 2.16. The maximum absolute atomic E-state index is 5.81. The Kier molecular flexibility index (Phi) is 4.11. The van der Waals surface area contributed by atoms with E-state index in [1.807, 2.05) is 19.2 Å². The van der Waals surface area contributed by atoms with Gasteiger partial charge >= 0.3 is 0 Å². The van der Waals surface area contributed by atoms with Crippen LogP contribution in [0.2, 0.25) is 0 Å². The van der Waals surface area contributed by atoms with Crippen LogP contribution in [0.5, 0.6) is 0 Å². The summed E-state index contributed by atoms with van der Waals surface area (Å²) in [6.45, 7) is 4.30. The van der Waals surface area contributed by atoms with Crippen LogP contribution < -0.4 is 5.73 Å². The highest BCUT2D eigenvalue weighted by atomic mass is 14.9. The van der Waals surface area contributed by atoms with Gasteiger partial charge < -0.3 is 5.73 Å². The lowest BCUT2D eigenvalue weighted by Gasteiger charge is -2.11. The van der Waals surface area contributed by atoms with Crippen LogP contribution in [0.4, 0.5) is 0 Å². The van der Waals surface area contributed by atoms with E-state index in [1.54, 1.807) is 0 Å². The first-order valence-electron chi connectivity index (χ1n) is 6.76. The molecule has 0 saturated heterocycles. The predicted octanol–water partition coefficient (Wildman–Crippen LogP) is 2.66. The third-order valence-corrected chi connectivity index (χ3v) is 3.75. The van der Waals surface area contributed by atoms with Gasteiger partial charge in [-0.15, -0.1) is 0 Å². The van der Waals surface area contributed by atoms with E-state index in [9.17, 15) is 0 Å². The molecule has 0 aliphatic heterocycles. The third-order valence-electron chi connectivity index (χ3n) is 3.75. The van der Waals surface area contributed by atoms with Crippen molar-refractivity contribution >= 4 is 0 Å². The molecule has 3 nitrogen and oxygen atoms in total. The summed E-state index contributed by atoms with van der Waals surface area (Å²) in [5.74, 6) is 2.49. The van der Waals surface area contributed by atoms with Crippen molar-refractivity contribution in [2.75, 3.05) is 0 Å². The number of nitrogens with zero attached hydrogens (tertiary/aromatic N) is 2. The van der Waals surface area contributed by atoms with E-state index in [0.29, 0.717) is 5.92 Å². The molecule has 3 unspecified atom stereocenters. The van der Waals surface area contributed by atoms with Crippen molar-refractivity contribution in [3.05, 3.63) is 23.8 Å². The van der Waals surface area contributed by atoms with E-state index in [2.05, 4.69) is 16.9 Å². The van der Waals surface area contributed by atoms with Crippen LogP contribution >= 0.6 is 0 Å². The average Bonchev–Trinajstić information content (AvgIpc) is 2.77. The van der Waals surface area contributed by atoms with Gasteiger partial charge in [-0.05, 0) is 38.2 Å². The van der Waals surface area contributed by atoms with Crippen molar-refractivity contribution in [1.82, 2.24) is 9.97 Å². The topological polar surface area (TPSA) is 51.8 Å². The highest BCUT2D eigenvalue weighted by Gasteiger charge is 2.26. The van der Waals surface area contributed by atoms with Crippen LogP contribution in [0.1, 0.15) is 57.0 Å². The highest BCUT2D eigenvalue weighted by Crippen LogP contribution is 2.38. The van der Waals surface area contributed by atoms with E-state index >= 15 is 0 Å². The van der Waals surface area contributed by atoms with Crippen LogP contribution in [-0.2, 0) is 6.42 Å². The molecule has 3 heteroatoms. The zero-order chi connectivity index (χ0) is 12.3. The number of hydrogen-bond donors (Lipinski definition) is 1. The number of nitrogens with two attached hydrogens (primary N) is 1. The van der Waals surface area contributed by atoms with Crippen molar-refractivity contribution in [3.8, 4) is 0 Å². The fourth-order valence-corrected chi connectivity index (χ4v) is 2.73. The van der Waals surface area contributed by atoms with Crippen LogP contribution in [0.15, 0.2) is 12.3 Å². The Bertz CT molecular complexity index is 362. The first-order chi connectivity index (χ1) is 8.19. The monoisotopic (exact) mass is 233 g/mol. The van der Waals surface area contributed by atoms with Crippen molar-refractivity contribution < 1.29 is 0 Å². The van der Waals surface area contributed by atoms with Crippen LogP contribution in [-0.4, -0.2) is 16.0 Å². The normalized spacial score (nSPS) is 26.1. The largest absolute Gasteiger partial charge is 0.328 e. The van der Waals surface area contributed by atoms with Gasteiger partial charge in [-0.25, -0.2) is 9.97 Å². The highest BCUT2D eigenvalue weighted by molar-refractivity contribution is 5.08. The van der Waals surface area contributed by atoms with Gasteiger partial charge in [-0.3, -0.25) is 0 Å². The first kappa shape index (κ1) is 12.5. The van der Waals surface area contributed by atoms with E-state index in [4.69, 9.17) is 5.73 Å². The van der Waals surface area contributed by atoms with Crippen molar-refractivity contribution in [2.24, 2.45) is 11.7 Å². The zero-order valence-electron chi connectivity index (χ0n) is 10.9. The molecule has 1 fully saturated rings. The molecule has 0 spiro atoms. The Balaban J connectivity index is 2.06. The second-order valence-corrected chi connectivity index (χ2v) is 5.37. The fourth-order valence-electron chi connectivity index (χ4n) is 2.73. The lowest BCUT2D eigenvalue weighted by Crippen LogP contribution is -2.19. The van der Waals surface area contributed by atoms with Gasteiger partial charge in [0.15, 0.2) is 0 Å². The van der Waals surface area contributed by atoms with Gasteiger partial charge in [0.2, 0.25) is 0 Å². The molecule has 2 N–H and O–H groups in total. The quantitative estimate of drug-likeness (QED) is 0.869. The number of hydrogen-bond acceptors (Lipinski definition) is 3. The smallest absolute Gasteiger partial charge is 0.131 e. The van der Waals surface area contributed by atoms with E-state index in [1.165, 1.54) is 25.7 Å². The van der Waals surface area contributed by atoms with E-state index < -0.39 is 0 Å². The minimum absolute atomic E-state index is 0.171. The first-order valence-corrected chi connectivity index (χ1v) is 6.76. The lowest BCUT2D eigenvalue weighted by atomic mass is 10.0. The molecule has 0 amide bonds. The maximum atomic E-state index is 5.81. The molecule has 2 rings (SSSR count). The number of aromatic nitrogens is 2. The van der Waals surface area contributed by atoms with Gasteiger partial charge in [0.05, 0.1) is 0 Å². The van der Waals surface area contributed by atoms with Gasteiger partial charge in [-0.2, -0.15) is 0 Å². The molecule has 1 aliphatic rings. The molecule has 17 heavy (non-hydrogen) atoms. The molecule has 3 atom stereocenters. The Labute approximate surface area is 104 Å². The summed E-state index contributed by atoms with van der Waals surface area (Å²) < 4.78 is 0. The summed E-state index contributed by atoms with van der Waals surface area (Å²) in [5.41, 5.74) is 6.90. The van der Waals surface area contributed by atoms with Crippen LogP contribution in [0.25, 0.3) is 0 Å². The molecule has 1 aliphatic carbocycles. The standard InChI is InChI=1S/C14H23N3/c1-3-11-4-5-12(9-11)14-16-7-6-13(17-14)8-10(2)15/h6-7,10-12H,3-5,8-9,15H2,1-2H3. The SMILES string of the molecule is CCC1CCC(c2nccc(CC(C)N)n2)C1. The van der Waals surface area contributed by atoms with Crippen molar-refractivity contribution in [3.63, 3.8) is 0 Å². The third kappa shape index (κ3) is 3.25. The molecule has 1 aromatic heterocycles. The van der Waals surface area contributed by atoms with E-state index in [-0.39, 0.29) is 6.04 Å². The van der Waals surface area contributed by atoms with Crippen LogP contribution in [0, 0.1) is 5.92 Å². The Hall–Kier alpha value is -0.960. The average molecular weight is 233 g/mol. The molecule has 0 aromatic carbocycles. The summed E-state index contributed by atoms with van der Waals surface area (Å²) in [6.07, 6.45) is 7.87. The Morgan fingerprint density at radius 1 is 1.47 bits per heavy atom. The molecule has 0 bridgehead atoms. The van der Waals surface area contributed by atoms with Gasteiger partial charge in [0.25, 0.3) is 0 Å². The van der Waals surface area contributed by atoms with E-state index in [0.717, 1.165) is 23.9 Å². The predicted molar refractivity (Wildman–Crippen MR) is 69.8 cm³/mol. The lowest BCUT2D eigenvalue weighted by molar-refractivity contribution is 0.516. The molecule has 1 heterocycles. The minimum Gasteiger partial charge on any atom is -0.328 e. The second-order valence-electron chi connectivity index (χ2n) is 5.37. The zero-order valence-corrected chi connectivity index (χ0v) is 10.9. The summed E-state index contributed by atoms with van der Waals surface area (Å²) in [7, 11) is 0. The molecule has 1 aromatic rings. The van der Waals surface area contributed by atoms with Gasteiger partial charge in [-0.1, -0.05) is 13.3 Å². The molecular weight excluding hydrogens is 210 g/mol. The molecule has 0 radical (unpaired) electrons. The summed E-state index contributed by atoms with van der Waals surface area (Å²) in [5, 5.41) is 0. The second kappa shape index (κ2) is 5.58. The Morgan fingerprint density at radius 3 is 2.94 bits per heavy atom. The fraction of sp³-hybridized carbons (Fsp3) is 0.714. The summed E-state index contributed by atoms with van der Waals surface area (Å²) in [4.78, 5) is 9.12. The van der Waals surface area contributed by atoms with Crippen molar-refractivity contribution in [1.29, 1.82) is 0 Å². The molecule has 94 valence electrons. The minimum atomic E-state index is 0.171. The van der Waals surface area contributed by atoms with Crippen LogP contribution in [0.3, 0.4) is 0 Å². The van der Waals surface area contributed by atoms with Gasteiger partial charge in [0, 0.05) is 30.3 Å².